The summed E-state index contributed by atoms with van der Waals surface area (Å²) in [4.78, 5) is 28.0. The SMILES string of the molecule is CSc1nc(Nc2ccc(N3CCOCC3)cc2)cc(N2CCN(C(=O)CNCCO)CC2)n1. The van der Waals surface area contributed by atoms with Crippen molar-refractivity contribution in [3.8, 4) is 0 Å². The predicted molar refractivity (Wildman–Crippen MR) is 135 cm³/mol. The fraction of sp³-hybridized carbons (Fsp3) is 0.522. The molecule has 2 aromatic rings. The first kappa shape index (κ1) is 24.5. The van der Waals surface area contributed by atoms with Gasteiger partial charge in [0, 0.05) is 63.3 Å². The van der Waals surface area contributed by atoms with Crippen LogP contribution in [0.25, 0.3) is 0 Å². The van der Waals surface area contributed by atoms with Crippen molar-refractivity contribution in [3.63, 3.8) is 0 Å². The third-order valence-corrected chi connectivity index (χ3v) is 6.46. The van der Waals surface area contributed by atoms with Crippen LogP contribution in [-0.4, -0.2) is 104 Å². The molecule has 0 radical (unpaired) electrons. The average molecular weight is 488 g/mol. The molecular weight excluding hydrogens is 454 g/mol. The third kappa shape index (κ3) is 6.50. The van der Waals surface area contributed by atoms with Gasteiger partial charge in [-0.15, -0.1) is 0 Å². The van der Waals surface area contributed by atoms with Crippen LogP contribution < -0.4 is 20.4 Å². The first-order chi connectivity index (χ1) is 16.7. The topological polar surface area (TPSA) is 106 Å². The van der Waals surface area contributed by atoms with Crippen molar-refractivity contribution in [3.05, 3.63) is 30.3 Å². The van der Waals surface area contributed by atoms with Gasteiger partial charge < -0.3 is 35.2 Å². The average Bonchev–Trinajstić information content (AvgIpc) is 2.89. The molecule has 0 aliphatic carbocycles. The fourth-order valence-electron chi connectivity index (χ4n) is 4.03. The van der Waals surface area contributed by atoms with Gasteiger partial charge in [0.05, 0.1) is 26.4 Å². The van der Waals surface area contributed by atoms with E-state index in [1.54, 1.807) is 0 Å². The van der Waals surface area contributed by atoms with Crippen LogP contribution in [0.1, 0.15) is 0 Å². The van der Waals surface area contributed by atoms with Crippen molar-refractivity contribution in [1.82, 2.24) is 20.2 Å². The predicted octanol–water partition coefficient (Wildman–Crippen LogP) is 1.01. The second-order valence-electron chi connectivity index (χ2n) is 8.14. The maximum atomic E-state index is 12.3. The Morgan fingerprint density at radius 1 is 1.06 bits per heavy atom. The first-order valence-electron chi connectivity index (χ1n) is 11.6. The number of ether oxygens (including phenoxy) is 1. The van der Waals surface area contributed by atoms with E-state index in [0.29, 0.717) is 37.9 Å². The number of aliphatic hydroxyl groups excluding tert-OH is 1. The number of rotatable bonds is 9. The molecule has 0 bridgehead atoms. The van der Waals surface area contributed by atoms with Crippen molar-refractivity contribution >= 4 is 40.7 Å². The van der Waals surface area contributed by atoms with E-state index in [2.05, 4.69) is 49.7 Å². The summed E-state index contributed by atoms with van der Waals surface area (Å²) in [5.41, 5.74) is 2.17. The van der Waals surface area contributed by atoms with Crippen LogP contribution in [0, 0.1) is 0 Å². The van der Waals surface area contributed by atoms with Crippen molar-refractivity contribution in [2.75, 3.05) is 93.6 Å². The molecular formula is C23H33N7O3S. The number of morpholine rings is 1. The lowest BCUT2D eigenvalue weighted by Crippen LogP contribution is -2.51. The zero-order valence-electron chi connectivity index (χ0n) is 19.6. The van der Waals surface area contributed by atoms with Crippen LogP contribution in [0.2, 0.25) is 0 Å². The number of thioether (sulfide) groups is 1. The number of carbonyl (C=O) groups excluding carboxylic acids is 1. The summed E-state index contributed by atoms with van der Waals surface area (Å²) in [6, 6.07) is 10.4. The second-order valence-corrected chi connectivity index (χ2v) is 8.91. The molecule has 2 aliphatic rings. The summed E-state index contributed by atoms with van der Waals surface area (Å²) in [5.74, 6) is 1.67. The van der Waals surface area contributed by atoms with Gasteiger partial charge in [0.1, 0.15) is 11.6 Å². The number of anilines is 4. The zero-order valence-corrected chi connectivity index (χ0v) is 20.4. The number of piperazine rings is 1. The maximum Gasteiger partial charge on any atom is 0.236 e. The number of hydrogen-bond acceptors (Lipinski definition) is 10. The number of amides is 1. The Bertz CT molecular complexity index is 933. The quantitative estimate of drug-likeness (QED) is 0.270. The van der Waals surface area contributed by atoms with E-state index in [1.165, 1.54) is 17.4 Å². The molecule has 0 unspecified atom stereocenters. The van der Waals surface area contributed by atoms with Crippen LogP contribution in [0.5, 0.6) is 0 Å². The minimum atomic E-state index is 0.0287. The van der Waals surface area contributed by atoms with Crippen molar-refractivity contribution in [2.45, 2.75) is 5.16 Å². The van der Waals surface area contributed by atoms with E-state index in [1.807, 2.05) is 17.2 Å². The molecule has 1 aromatic heterocycles. The van der Waals surface area contributed by atoms with Crippen LogP contribution >= 0.6 is 11.8 Å². The highest BCUT2D eigenvalue weighted by Gasteiger charge is 2.22. The van der Waals surface area contributed by atoms with Gasteiger partial charge in [0.2, 0.25) is 5.91 Å². The Morgan fingerprint density at radius 3 is 2.47 bits per heavy atom. The van der Waals surface area contributed by atoms with Gasteiger partial charge in [0.25, 0.3) is 0 Å². The molecule has 1 amide bonds. The number of carbonyl (C=O) groups is 1. The van der Waals surface area contributed by atoms with Gasteiger partial charge in [-0.2, -0.15) is 0 Å². The van der Waals surface area contributed by atoms with E-state index in [-0.39, 0.29) is 19.1 Å². The van der Waals surface area contributed by atoms with Crippen molar-refractivity contribution in [1.29, 1.82) is 0 Å². The minimum absolute atomic E-state index is 0.0287. The highest BCUT2D eigenvalue weighted by molar-refractivity contribution is 7.98. The largest absolute Gasteiger partial charge is 0.395 e. The van der Waals surface area contributed by atoms with Gasteiger partial charge >= 0.3 is 0 Å². The lowest BCUT2D eigenvalue weighted by Gasteiger charge is -2.35. The summed E-state index contributed by atoms with van der Waals surface area (Å²) < 4.78 is 5.44. The molecule has 0 atom stereocenters. The van der Waals surface area contributed by atoms with E-state index < -0.39 is 0 Å². The Hall–Kier alpha value is -2.60. The number of nitrogens with one attached hydrogen (secondary N) is 2. The summed E-state index contributed by atoms with van der Waals surface area (Å²) in [7, 11) is 0. The third-order valence-electron chi connectivity index (χ3n) is 5.91. The number of benzene rings is 1. The Morgan fingerprint density at radius 2 is 1.79 bits per heavy atom. The monoisotopic (exact) mass is 487 g/mol. The second kappa shape index (κ2) is 12.2. The van der Waals surface area contributed by atoms with Crippen molar-refractivity contribution < 1.29 is 14.6 Å². The molecule has 4 rings (SSSR count). The lowest BCUT2D eigenvalue weighted by molar-refractivity contribution is -0.130. The summed E-state index contributed by atoms with van der Waals surface area (Å²) in [6.07, 6.45) is 1.97. The minimum Gasteiger partial charge on any atom is -0.395 e. The fourth-order valence-corrected chi connectivity index (χ4v) is 4.40. The number of nitrogens with zero attached hydrogens (tertiary/aromatic N) is 5. The van der Waals surface area contributed by atoms with Crippen LogP contribution in [0.15, 0.2) is 35.5 Å². The van der Waals surface area contributed by atoms with Gasteiger partial charge in [-0.1, -0.05) is 11.8 Å². The first-order valence-corrected chi connectivity index (χ1v) is 12.9. The standard InChI is InChI=1S/C23H33N7O3S/c1-34-23-26-20(25-18-2-4-19(5-3-18)28-11-14-33-15-12-28)16-21(27-23)29-7-9-30(10-8-29)22(32)17-24-6-13-31/h2-5,16,24,31H,6-15,17H2,1H3,(H,25,26,27). The summed E-state index contributed by atoms with van der Waals surface area (Å²) >= 11 is 1.51. The Kier molecular flexibility index (Phi) is 8.80. The van der Waals surface area contributed by atoms with E-state index in [9.17, 15) is 4.79 Å². The van der Waals surface area contributed by atoms with E-state index in [4.69, 9.17) is 14.8 Å². The van der Waals surface area contributed by atoms with Crippen LogP contribution in [0.3, 0.4) is 0 Å². The maximum absolute atomic E-state index is 12.3. The van der Waals surface area contributed by atoms with Gasteiger partial charge in [-0.25, -0.2) is 9.97 Å². The molecule has 0 spiro atoms. The lowest BCUT2D eigenvalue weighted by atomic mass is 10.2. The normalized spacial score (nSPS) is 16.6. The molecule has 3 heterocycles. The molecule has 184 valence electrons. The van der Waals surface area contributed by atoms with Crippen molar-refractivity contribution in [2.24, 2.45) is 0 Å². The molecule has 2 saturated heterocycles. The van der Waals surface area contributed by atoms with E-state index >= 15 is 0 Å². The van der Waals surface area contributed by atoms with E-state index in [0.717, 1.165) is 43.6 Å². The zero-order chi connectivity index (χ0) is 23.8. The Labute approximate surface area is 204 Å². The number of aliphatic hydroxyl groups is 1. The molecule has 10 nitrogen and oxygen atoms in total. The highest BCUT2D eigenvalue weighted by Crippen LogP contribution is 2.25. The molecule has 2 fully saturated rings. The van der Waals surface area contributed by atoms with Crippen LogP contribution in [0.4, 0.5) is 23.0 Å². The van der Waals surface area contributed by atoms with Gasteiger partial charge in [-0.3, -0.25) is 4.79 Å². The van der Waals surface area contributed by atoms with Crippen LogP contribution in [-0.2, 0) is 9.53 Å². The molecule has 11 heteroatoms. The smallest absolute Gasteiger partial charge is 0.236 e. The molecule has 2 aliphatic heterocycles. The molecule has 34 heavy (non-hydrogen) atoms. The molecule has 3 N–H and O–H groups in total. The highest BCUT2D eigenvalue weighted by atomic mass is 32.2. The number of aromatic nitrogens is 2. The molecule has 0 saturated carbocycles. The van der Waals surface area contributed by atoms with Gasteiger partial charge in [0.15, 0.2) is 5.16 Å². The Balaban J connectivity index is 1.38. The summed E-state index contributed by atoms with van der Waals surface area (Å²) in [6.45, 7) is 6.78. The molecule has 1 aromatic carbocycles. The van der Waals surface area contributed by atoms with Gasteiger partial charge in [-0.05, 0) is 30.5 Å². The number of hydrogen-bond donors (Lipinski definition) is 3. The summed E-state index contributed by atoms with van der Waals surface area (Å²) in [5, 5.41) is 15.9.